The summed E-state index contributed by atoms with van der Waals surface area (Å²) in [5.41, 5.74) is 7.15. The molecule has 2 rings (SSSR count). The van der Waals surface area contributed by atoms with E-state index in [2.05, 4.69) is 0 Å². The molecule has 2 nitrogen and oxygen atoms in total. The standard InChI is InChI=1S/C14H13ClFNO/c1-9-5-6-11(15)13(7-9)18-14-10(8-17)3-2-4-12(14)16/h2-7H,8,17H2,1H3. The van der Waals surface area contributed by atoms with Crippen LogP contribution >= 0.6 is 11.6 Å². The second kappa shape index (κ2) is 5.38. The predicted octanol–water partition coefficient (Wildman–Crippen LogP) is 4.04. The van der Waals surface area contributed by atoms with E-state index in [4.69, 9.17) is 22.1 Å². The van der Waals surface area contributed by atoms with Crippen LogP contribution in [0.5, 0.6) is 11.5 Å². The number of halogens is 2. The highest BCUT2D eigenvalue weighted by atomic mass is 35.5. The van der Waals surface area contributed by atoms with Crippen LogP contribution in [0.15, 0.2) is 36.4 Å². The van der Waals surface area contributed by atoms with Crippen molar-refractivity contribution in [2.24, 2.45) is 5.73 Å². The summed E-state index contributed by atoms with van der Waals surface area (Å²) in [6.45, 7) is 2.12. The monoisotopic (exact) mass is 265 g/mol. The van der Waals surface area contributed by atoms with E-state index in [1.54, 1.807) is 24.3 Å². The van der Waals surface area contributed by atoms with E-state index in [9.17, 15) is 4.39 Å². The van der Waals surface area contributed by atoms with Crippen molar-refractivity contribution in [3.05, 3.63) is 58.4 Å². The van der Waals surface area contributed by atoms with Crippen molar-refractivity contribution >= 4 is 11.6 Å². The van der Waals surface area contributed by atoms with Gasteiger partial charge in [0, 0.05) is 12.1 Å². The Morgan fingerprint density at radius 3 is 2.78 bits per heavy atom. The third kappa shape index (κ3) is 2.63. The van der Waals surface area contributed by atoms with Crippen LogP contribution in [0.4, 0.5) is 4.39 Å². The van der Waals surface area contributed by atoms with Gasteiger partial charge >= 0.3 is 0 Å². The third-order valence-corrected chi connectivity index (χ3v) is 2.88. The Morgan fingerprint density at radius 2 is 2.06 bits per heavy atom. The molecule has 0 heterocycles. The molecule has 0 fully saturated rings. The fourth-order valence-corrected chi connectivity index (χ4v) is 1.78. The topological polar surface area (TPSA) is 35.2 Å². The number of rotatable bonds is 3. The van der Waals surface area contributed by atoms with Gasteiger partial charge in [-0.2, -0.15) is 0 Å². The number of para-hydroxylation sites is 1. The van der Waals surface area contributed by atoms with Crippen LogP contribution in [0.1, 0.15) is 11.1 Å². The van der Waals surface area contributed by atoms with Crippen LogP contribution < -0.4 is 10.5 Å². The van der Waals surface area contributed by atoms with Crippen molar-refractivity contribution in [1.82, 2.24) is 0 Å². The van der Waals surface area contributed by atoms with Crippen LogP contribution in [-0.2, 0) is 6.54 Å². The van der Waals surface area contributed by atoms with Crippen LogP contribution in [0.3, 0.4) is 0 Å². The lowest BCUT2D eigenvalue weighted by molar-refractivity contribution is 0.436. The van der Waals surface area contributed by atoms with Crippen molar-refractivity contribution in [3.8, 4) is 11.5 Å². The average Bonchev–Trinajstić information content (AvgIpc) is 2.36. The van der Waals surface area contributed by atoms with E-state index in [0.29, 0.717) is 16.3 Å². The first-order valence-electron chi connectivity index (χ1n) is 5.53. The molecule has 2 aromatic rings. The Hall–Kier alpha value is -1.58. The van der Waals surface area contributed by atoms with Gasteiger partial charge in [0.25, 0.3) is 0 Å². The van der Waals surface area contributed by atoms with Gasteiger partial charge in [-0.3, -0.25) is 0 Å². The summed E-state index contributed by atoms with van der Waals surface area (Å²) in [5, 5.41) is 0.437. The van der Waals surface area contributed by atoms with Crippen LogP contribution in [-0.4, -0.2) is 0 Å². The van der Waals surface area contributed by atoms with Crippen LogP contribution in [0.25, 0.3) is 0 Å². The van der Waals surface area contributed by atoms with E-state index in [0.717, 1.165) is 5.56 Å². The van der Waals surface area contributed by atoms with Crippen molar-refractivity contribution in [2.75, 3.05) is 0 Å². The molecule has 0 aliphatic heterocycles. The zero-order chi connectivity index (χ0) is 13.1. The van der Waals surface area contributed by atoms with Crippen molar-refractivity contribution in [1.29, 1.82) is 0 Å². The van der Waals surface area contributed by atoms with Crippen LogP contribution in [0.2, 0.25) is 5.02 Å². The molecule has 0 aliphatic rings. The molecule has 2 N–H and O–H groups in total. The van der Waals surface area contributed by atoms with Crippen molar-refractivity contribution in [2.45, 2.75) is 13.5 Å². The summed E-state index contributed by atoms with van der Waals surface area (Å²) in [6.07, 6.45) is 0. The molecule has 4 heteroatoms. The largest absolute Gasteiger partial charge is 0.452 e. The van der Waals surface area contributed by atoms with Gasteiger partial charge in [0.2, 0.25) is 0 Å². The first kappa shape index (κ1) is 12.9. The summed E-state index contributed by atoms with van der Waals surface area (Å²) < 4.78 is 19.3. The molecule has 2 aromatic carbocycles. The van der Waals surface area contributed by atoms with Gasteiger partial charge in [-0.25, -0.2) is 4.39 Å². The Morgan fingerprint density at radius 1 is 1.28 bits per heavy atom. The van der Waals surface area contributed by atoms with E-state index < -0.39 is 5.82 Å². The van der Waals surface area contributed by atoms with E-state index in [1.165, 1.54) is 6.07 Å². The number of nitrogens with two attached hydrogens (primary N) is 1. The number of hydrogen-bond acceptors (Lipinski definition) is 2. The lowest BCUT2D eigenvalue weighted by atomic mass is 10.2. The molecular weight excluding hydrogens is 253 g/mol. The van der Waals surface area contributed by atoms with Gasteiger partial charge in [-0.15, -0.1) is 0 Å². The molecule has 0 saturated carbocycles. The fraction of sp³-hybridized carbons (Fsp3) is 0.143. The highest BCUT2D eigenvalue weighted by Crippen LogP contribution is 2.33. The molecule has 0 aliphatic carbocycles. The molecule has 0 aromatic heterocycles. The molecule has 0 spiro atoms. The Labute approximate surface area is 110 Å². The summed E-state index contributed by atoms with van der Waals surface area (Å²) in [4.78, 5) is 0. The average molecular weight is 266 g/mol. The summed E-state index contributed by atoms with van der Waals surface area (Å²) in [5.74, 6) is 0.111. The number of hydrogen-bond donors (Lipinski definition) is 1. The summed E-state index contributed by atoms with van der Waals surface area (Å²) >= 11 is 6.02. The molecule has 0 bridgehead atoms. The van der Waals surface area contributed by atoms with Crippen molar-refractivity contribution < 1.29 is 9.13 Å². The molecule has 0 unspecified atom stereocenters. The number of ether oxygens (including phenoxy) is 1. The predicted molar refractivity (Wildman–Crippen MR) is 70.6 cm³/mol. The highest BCUT2D eigenvalue weighted by Gasteiger charge is 2.11. The highest BCUT2D eigenvalue weighted by molar-refractivity contribution is 6.32. The minimum atomic E-state index is -0.449. The van der Waals surface area contributed by atoms with Crippen molar-refractivity contribution in [3.63, 3.8) is 0 Å². The fourth-order valence-electron chi connectivity index (χ4n) is 1.63. The zero-order valence-corrected chi connectivity index (χ0v) is 10.7. The molecule has 94 valence electrons. The quantitative estimate of drug-likeness (QED) is 0.909. The van der Waals surface area contributed by atoms with Gasteiger partial charge in [0.1, 0.15) is 5.75 Å². The first-order valence-corrected chi connectivity index (χ1v) is 5.91. The van der Waals surface area contributed by atoms with Crippen LogP contribution in [0, 0.1) is 12.7 Å². The molecule has 0 amide bonds. The lowest BCUT2D eigenvalue weighted by Gasteiger charge is -2.12. The second-order valence-corrected chi connectivity index (χ2v) is 4.38. The van der Waals surface area contributed by atoms with Gasteiger partial charge < -0.3 is 10.5 Å². The smallest absolute Gasteiger partial charge is 0.167 e. The minimum Gasteiger partial charge on any atom is -0.452 e. The third-order valence-electron chi connectivity index (χ3n) is 2.57. The first-order chi connectivity index (χ1) is 8.61. The molecule has 0 radical (unpaired) electrons. The summed E-state index contributed by atoms with van der Waals surface area (Å²) in [7, 11) is 0. The minimum absolute atomic E-state index is 0.132. The molecular formula is C14H13ClFNO. The van der Waals surface area contributed by atoms with E-state index >= 15 is 0 Å². The van der Waals surface area contributed by atoms with Gasteiger partial charge in [-0.05, 0) is 30.7 Å². The molecule has 18 heavy (non-hydrogen) atoms. The molecule has 0 atom stereocenters. The maximum atomic E-state index is 13.7. The molecule has 0 saturated heterocycles. The number of aryl methyl sites for hydroxylation is 1. The maximum absolute atomic E-state index is 13.7. The SMILES string of the molecule is Cc1ccc(Cl)c(Oc2c(F)cccc2CN)c1. The zero-order valence-electron chi connectivity index (χ0n) is 9.91. The Balaban J connectivity index is 2.42. The second-order valence-electron chi connectivity index (χ2n) is 3.97. The normalized spacial score (nSPS) is 10.4. The van der Waals surface area contributed by atoms with Gasteiger partial charge in [0.15, 0.2) is 11.6 Å². The van der Waals surface area contributed by atoms with Gasteiger partial charge in [-0.1, -0.05) is 29.8 Å². The van der Waals surface area contributed by atoms with E-state index in [1.807, 2.05) is 13.0 Å². The van der Waals surface area contributed by atoms with Gasteiger partial charge in [0.05, 0.1) is 5.02 Å². The Kier molecular flexibility index (Phi) is 3.84. The lowest BCUT2D eigenvalue weighted by Crippen LogP contribution is -2.01. The summed E-state index contributed by atoms with van der Waals surface area (Å²) in [6, 6.07) is 9.99. The Bertz CT molecular complexity index is 572. The number of benzene rings is 2. The maximum Gasteiger partial charge on any atom is 0.167 e. The van der Waals surface area contributed by atoms with E-state index in [-0.39, 0.29) is 12.3 Å².